The van der Waals surface area contributed by atoms with Gasteiger partial charge in [-0.25, -0.2) is 9.97 Å². The minimum Gasteiger partial charge on any atom is -0.263 e. The van der Waals surface area contributed by atoms with Crippen molar-refractivity contribution in [3.63, 3.8) is 0 Å². The zero-order chi connectivity index (χ0) is 18.9. The van der Waals surface area contributed by atoms with Gasteiger partial charge in [-0.3, -0.25) is 4.68 Å². The van der Waals surface area contributed by atoms with Crippen LogP contribution in [0.5, 0.6) is 0 Å². The summed E-state index contributed by atoms with van der Waals surface area (Å²) in [5.41, 5.74) is 2.46. The van der Waals surface area contributed by atoms with E-state index in [2.05, 4.69) is 22.0 Å². The second-order valence-corrected chi connectivity index (χ2v) is 8.82. The summed E-state index contributed by atoms with van der Waals surface area (Å²) < 4.78 is 30.0. The van der Waals surface area contributed by atoms with Crippen molar-refractivity contribution in [1.29, 1.82) is 0 Å². The quantitative estimate of drug-likeness (QED) is 0.768. The molecule has 0 amide bonds. The monoisotopic (exact) mass is 378 g/mol. The molecule has 9 heteroatoms. The van der Waals surface area contributed by atoms with Crippen LogP contribution in [-0.2, 0) is 16.8 Å². The third-order valence-corrected chi connectivity index (χ3v) is 6.53. The molecule has 2 aromatic heterocycles. The molecule has 142 valence electrons. The van der Waals surface area contributed by atoms with Crippen LogP contribution in [0.2, 0.25) is 0 Å². The SMILES string of the molecule is CCCn1nccc1-c1cc([C@H]2CCCN2S(=O)(=O)N(C)C)nc(C)n1. The molecule has 26 heavy (non-hydrogen) atoms. The van der Waals surface area contributed by atoms with Crippen molar-refractivity contribution in [2.24, 2.45) is 0 Å². The van der Waals surface area contributed by atoms with E-state index in [4.69, 9.17) is 0 Å². The fraction of sp³-hybridized carbons (Fsp3) is 0.588. The Kier molecular flexibility index (Phi) is 5.40. The minimum atomic E-state index is -3.48. The zero-order valence-electron chi connectivity index (χ0n) is 15.8. The first-order valence-corrected chi connectivity index (χ1v) is 10.3. The third kappa shape index (κ3) is 3.51. The standard InChI is InChI=1S/C17H26N6O2S/c1-5-10-22-16(8-9-18-22)14-12-15(20-13(2)19-14)17-7-6-11-23(17)26(24,25)21(3)4/h8-9,12,17H,5-7,10-11H2,1-4H3/t17-/m1/s1. The van der Waals surface area contributed by atoms with Crippen LogP contribution >= 0.6 is 0 Å². The lowest BCUT2D eigenvalue weighted by molar-refractivity contribution is 0.357. The lowest BCUT2D eigenvalue weighted by Crippen LogP contribution is -2.39. The molecule has 0 aromatic carbocycles. The van der Waals surface area contributed by atoms with Gasteiger partial charge in [0, 0.05) is 33.4 Å². The Labute approximate surface area is 155 Å². The van der Waals surface area contributed by atoms with E-state index < -0.39 is 10.2 Å². The maximum Gasteiger partial charge on any atom is 0.282 e. The van der Waals surface area contributed by atoms with Gasteiger partial charge in [-0.2, -0.15) is 22.1 Å². The molecule has 3 heterocycles. The highest BCUT2D eigenvalue weighted by Crippen LogP contribution is 2.35. The Hall–Kier alpha value is -1.84. The minimum absolute atomic E-state index is 0.259. The number of aryl methyl sites for hydroxylation is 2. The maximum atomic E-state index is 12.6. The molecule has 0 spiro atoms. The molecule has 2 aromatic rings. The average molecular weight is 379 g/mol. The van der Waals surface area contributed by atoms with Crippen molar-refractivity contribution in [2.75, 3.05) is 20.6 Å². The highest BCUT2D eigenvalue weighted by atomic mass is 32.2. The molecule has 0 unspecified atom stereocenters. The maximum absolute atomic E-state index is 12.6. The van der Waals surface area contributed by atoms with Gasteiger partial charge in [0.2, 0.25) is 0 Å². The van der Waals surface area contributed by atoms with E-state index in [1.807, 2.05) is 23.7 Å². The predicted octanol–water partition coefficient (Wildman–Crippen LogP) is 2.00. The van der Waals surface area contributed by atoms with Gasteiger partial charge >= 0.3 is 0 Å². The van der Waals surface area contributed by atoms with Gasteiger partial charge in [-0.15, -0.1) is 0 Å². The Bertz CT molecular complexity index is 877. The van der Waals surface area contributed by atoms with Crippen LogP contribution in [0, 0.1) is 6.92 Å². The van der Waals surface area contributed by atoms with E-state index in [9.17, 15) is 8.42 Å². The molecule has 0 N–H and O–H groups in total. The molecular formula is C17H26N6O2S. The fourth-order valence-electron chi connectivity index (χ4n) is 3.35. The Morgan fingerprint density at radius 1 is 1.31 bits per heavy atom. The second kappa shape index (κ2) is 7.42. The van der Waals surface area contributed by atoms with E-state index in [0.717, 1.165) is 42.9 Å². The summed E-state index contributed by atoms with van der Waals surface area (Å²) in [6.07, 6.45) is 4.32. The molecule has 3 rings (SSSR count). The van der Waals surface area contributed by atoms with E-state index in [0.29, 0.717) is 12.4 Å². The summed E-state index contributed by atoms with van der Waals surface area (Å²) in [6.45, 7) is 5.26. The summed E-state index contributed by atoms with van der Waals surface area (Å²) in [4.78, 5) is 9.12. The number of hydrogen-bond acceptors (Lipinski definition) is 5. The molecular weight excluding hydrogens is 352 g/mol. The highest BCUT2D eigenvalue weighted by molar-refractivity contribution is 7.86. The van der Waals surface area contributed by atoms with Crippen LogP contribution < -0.4 is 0 Å². The van der Waals surface area contributed by atoms with Crippen molar-refractivity contribution in [3.05, 3.63) is 29.8 Å². The second-order valence-electron chi connectivity index (χ2n) is 6.72. The fourth-order valence-corrected chi connectivity index (χ4v) is 4.67. The summed E-state index contributed by atoms with van der Waals surface area (Å²) in [7, 11) is -0.361. The molecule has 1 saturated heterocycles. The van der Waals surface area contributed by atoms with Crippen molar-refractivity contribution in [3.8, 4) is 11.4 Å². The van der Waals surface area contributed by atoms with E-state index in [1.54, 1.807) is 24.6 Å². The smallest absolute Gasteiger partial charge is 0.263 e. The topological polar surface area (TPSA) is 84.2 Å². The van der Waals surface area contributed by atoms with Gasteiger partial charge < -0.3 is 0 Å². The number of rotatable bonds is 6. The van der Waals surface area contributed by atoms with Crippen LogP contribution in [-0.4, -0.2) is 57.4 Å². The van der Waals surface area contributed by atoms with Gasteiger partial charge in [-0.1, -0.05) is 6.92 Å². The molecule has 0 saturated carbocycles. The van der Waals surface area contributed by atoms with Gasteiger partial charge in [0.05, 0.1) is 23.1 Å². The highest BCUT2D eigenvalue weighted by Gasteiger charge is 2.37. The predicted molar refractivity (Wildman–Crippen MR) is 99.6 cm³/mol. The van der Waals surface area contributed by atoms with Crippen LogP contribution in [0.15, 0.2) is 18.3 Å². The van der Waals surface area contributed by atoms with Gasteiger partial charge in [-0.05, 0) is 38.3 Å². The Balaban J connectivity index is 2.01. The molecule has 1 fully saturated rings. The lowest BCUT2D eigenvalue weighted by atomic mass is 10.1. The number of hydrogen-bond donors (Lipinski definition) is 0. The van der Waals surface area contributed by atoms with Crippen molar-refractivity contribution >= 4 is 10.2 Å². The Morgan fingerprint density at radius 2 is 2.08 bits per heavy atom. The molecule has 1 atom stereocenters. The van der Waals surface area contributed by atoms with Gasteiger partial charge in [0.15, 0.2) is 0 Å². The zero-order valence-corrected chi connectivity index (χ0v) is 16.6. The van der Waals surface area contributed by atoms with Crippen LogP contribution in [0.25, 0.3) is 11.4 Å². The number of nitrogens with zero attached hydrogens (tertiary/aromatic N) is 6. The summed E-state index contributed by atoms with van der Waals surface area (Å²) >= 11 is 0. The Morgan fingerprint density at radius 3 is 2.77 bits per heavy atom. The summed E-state index contributed by atoms with van der Waals surface area (Å²) in [5.74, 6) is 0.635. The summed E-state index contributed by atoms with van der Waals surface area (Å²) in [6, 6.07) is 3.58. The first kappa shape index (κ1) is 18.9. The molecule has 0 bridgehead atoms. The van der Waals surface area contributed by atoms with Crippen molar-refractivity contribution < 1.29 is 8.42 Å². The van der Waals surface area contributed by atoms with E-state index >= 15 is 0 Å². The molecule has 0 radical (unpaired) electrons. The van der Waals surface area contributed by atoms with Gasteiger partial charge in [0.25, 0.3) is 10.2 Å². The average Bonchev–Trinajstić information content (AvgIpc) is 3.24. The largest absolute Gasteiger partial charge is 0.282 e. The van der Waals surface area contributed by atoms with Crippen molar-refractivity contribution in [1.82, 2.24) is 28.4 Å². The van der Waals surface area contributed by atoms with Crippen LogP contribution in [0.3, 0.4) is 0 Å². The van der Waals surface area contributed by atoms with E-state index in [1.165, 1.54) is 4.31 Å². The third-order valence-electron chi connectivity index (χ3n) is 4.58. The van der Waals surface area contributed by atoms with Crippen molar-refractivity contribution in [2.45, 2.75) is 45.7 Å². The van der Waals surface area contributed by atoms with Crippen LogP contribution in [0.1, 0.15) is 43.7 Å². The molecule has 1 aliphatic rings. The number of aromatic nitrogens is 4. The lowest BCUT2D eigenvalue weighted by Gasteiger charge is -2.26. The molecule has 0 aliphatic carbocycles. The first-order valence-electron chi connectivity index (χ1n) is 8.91. The first-order chi connectivity index (χ1) is 12.3. The summed E-state index contributed by atoms with van der Waals surface area (Å²) in [5, 5.41) is 4.36. The molecule has 8 nitrogen and oxygen atoms in total. The van der Waals surface area contributed by atoms with Crippen LogP contribution in [0.4, 0.5) is 0 Å². The normalized spacial score (nSPS) is 18.7. The molecule has 1 aliphatic heterocycles. The van der Waals surface area contributed by atoms with Gasteiger partial charge in [0.1, 0.15) is 5.82 Å². The van der Waals surface area contributed by atoms with E-state index in [-0.39, 0.29) is 6.04 Å².